The van der Waals surface area contributed by atoms with Crippen LogP contribution < -0.4 is 0 Å². The Kier molecular flexibility index (Phi) is 3.17. The lowest BCUT2D eigenvalue weighted by Crippen LogP contribution is -1.95. The summed E-state index contributed by atoms with van der Waals surface area (Å²) >= 11 is 1.58. The first-order chi connectivity index (χ1) is 5.33. The Hall–Kier alpha value is -0.760. The van der Waals surface area contributed by atoms with E-state index < -0.39 is 0 Å². The SMILES string of the molecule is C[C@@H](C=O)Sc1ccccc1. The average molecular weight is 166 g/mol. The van der Waals surface area contributed by atoms with Gasteiger partial charge in [-0.2, -0.15) is 0 Å². The summed E-state index contributed by atoms with van der Waals surface area (Å²) < 4.78 is 0. The molecule has 0 spiro atoms. The van der Waals surface area contributed by atoms with Gasteiger partial charge in [0, 0.05) is 4.90 Å². The van der Waals surface area contributed by atoms with Crippen LogP contribution in [0.2, 0.25) is 0 Å². The van der Waals surface area contributed by atoms with E-state index in [1.165, 1.54) is 0 Å². The second-order valence-corrected chi connectivity index (χ2v) is 3.72. The van der Waals surface area contributed by atoms with Crippen LogP contribution >= 0.6 is 11.8 Å². The molecule has 0 saturated carbocycles. The van der Waals surface area contributed by atoms with Crippen LogP contribution in [-0.2, 0) is 4.79 Å². The first kappa shape index (κ1) is 8.34. The van der Waals surface area contributed by atoms with Gasteiger partial charge in [-0.1, -0.05) is 18.2 Å². The van der Waals surface area contributed by atoms with Gasteiger partial charge >= 0.3 is 0 Å². The molecule has 0 bridgehead atoms. The number of benzene rings is 1. The van der Waals surface area contributed by atoms with Gasteiger partial charge in [-0.25, -0.2) is 0 Å². The largest absolute Gasteiger partial charge is 0.302 e. The number of aldehydes is 1. The van der Waals surface area contributed by atoms with E-state index in [-0.39, 0.29) is 5.25 Å². The normalized spacial score (nSPS) is 12.5. The van der Waals surface area contributed by atoms with Crippen LogP contribution in [0.3, 0.4) is 0 Å². The summed E-state index contributed by atoms with van der Waals surface area (Å²) in [6.45, 7) is 1.89. The molecule has 1 rings (SSSR count). The zero-order chi connectivity index (χ0) is 8.10. The van der Waals surface area contributed by atoms with Crippen LogP contribution in [-0.4, -0.2) is 11.5 Å². The highest BCUT2D eigenvalue weighted by atomic mass is 32.2. The molecule has 0 N–H and O–H groups in total. The lowest BCUT2D eigenvalue weighted by atomic mass is 10.4. The molecule has 1 aromatic rings. The van der Waals surface area contributed by atoms with Crippen LogP contribution in [0.1, 0.15) is 6.92 Å². The molecule has 0 aliphatic rings. The van der Waals surface area contributed by atoms with Crippen LogP contribution in [0.15, 0.2) is 35.2 Å². The minimum absolute atomic E-state index is 0.0531. The summed E-state index contributed by atoms with van der Waals surface area (Å²) in [5.74, 6) is 0. The monoisotopic (exact) mass is 166 g/mol. The zero-order valence-electron chi connectivity index (χ0n) is 6.36. The summed E-state index contributed by atoms with van der Waals surface area (Å²) in [5, 5.41) is 0.0531. The Labute approximate surface area is 70.8 Å². The molecular weight excluding hydrogens is 156 g/mol. The number of hydrogen-bond donors (Lipinski definition) is 0. The molecule has 0 aliphatic heterocycles. The summed E-state index contributed by atoms with van der Waals surface area (Å²) in [7, 11) is 0. The molecule has 2 heteroatoms. The maximum Gasteiger partial charge on any atom is 0.133 e. The molecule has 11 heavy (non-hydrogen) atoms. The molecule has 0 amide bonds. The minimum Gasteiger partial charge on any atom is -0.302 e. The molecule has 0 radical (unpaired) electrons. The fourth-order valence-corrected chi connectivity index (χ4v) is 1.54. The molecule has 1 aromatic carbocycles. The molecule has 0 heterocycles. The van der Waals surface area contributed by atoms with E-state index in [0.717, 1.165) is 11.2 Å². The standard InChI is InChI=1S/C9H10OS/c1-8(7-10)11-9-5-3-2-4-6-9/h2-8H,1H3/t8-/m0/s1. The number of carbonyl (C=O) groups is 1. The number of hydrogen-bond acceptors (Lipinski definition) is 2. The zero-order valence-corrected chi connectivity index (χ0v) is 7.17. The van der Waals surface area contributed by atoms with E-state index in [9.17, 15) is 4.79 Å². The van der Waals surface area contributed by atoms with Crippen molar-refractivity contribution in [3.63, 3.8) is 0 Å². The third-order valence-corrected chi connectivity index (χ3v) is 2.28. The smallest absolute Gasteiger partial charge is 0.133 e. The maximum absolute atomic E-state index is 10.3. The average Bonchev–Trinajstić information content (AvgIpc) is 2.06. The second-order valence-electron chi connectivity index (χ2n) is 2.27. The van der Waals surface area contributed by atoms with Gasteiger partial charge in [0.25, 0.3) is 0 Å². The third-order valence-electron chi connectivity index (χ3n) is 1.26. The third kappa shape index (κ3) is 2.76. The van der Waals surface area contributed by atoms with E-state index in [4.69, 9.17) is 0 Å². The predicted octanol–water partition coefficient (Wildman–Crippen LogP) is 2.37. The Morgan fingerprint density at radius 2 is 2.00 bits per heavy atom. The van der Waals surface area contributed by atoms with Crippen molar-refractivity contribution in [2.24, 2.45) is 0 Å². The summed E-state index contributed by atoms with van der Waals surface area (Å²) in [4.78, 5) is 11.4. The van der Waals surface area contributed by atoms with Crippen LogP contribution in [0.25, 0.3) is 0 Å². The fourth-order valence-electron chi connectivity index (χ4n) is 0.741. The summed E-state index contributed by atoms with van der Waals surface area (Å²) in [6.07, 6.45) is 0.956. The Balaban J connectivity index is 2.57. The first-order valence-electron chi connectivity index (χ1n) is 3.50. The molecule has 58 valence electrons. The Bertz CT molecular complexity index is 220. The van der Waals surface area contributed by atoms with E-state index in [2.05, 4.69) is 0 Å². The maximum atomic E-state index is 10.3. The van der Waals surface area contributed by atoms with Crippen LogP contribution in [0.4, 0.5) is 0 Å². The Morgan fingerprint density at radius 1 is 1.36 bits per heavy atom. The van der Waals surface area contributed by atoms with Crippen molar-refractivity contribution in [2.75, 3.05) is 0 Å². The lowest BCUT2D eigenvalue weighted by Gasteiger charge is -2.01. The molecule has 0 aliphatic carbocycles. The highest BCUT2D eigenvalue weighted by Crippen LogP contribution is 2.20. The summed E-state index contributed by atoms with van der Waals surface area (Å²) in [5.41, 5.74) is 0. The van der Waals surface area contributed by atoms with Gasteiger partial charge in [-0.15, -0.1) is 11.8 Å². The van der Waals surface area contributed by atoms with Crippen molar-refractivity contribution in [3.05, 3.63) is 30.3 Å². The predicted molar refractivity (Wildman–Crippen MR) is 47.8 cm³/mol. The second kappa shape index (κ2) is 4.19. The first-order valence-corrected chi connectivity index (χ1v) is 4.38. The Morgan fingerprint density at radius 3 is 2.55 bits per heavy atom. The molecule has 0 fully saturated rings. The van der Waals surface area contributed by atoms with Crippen molar-refractivity contribution in [3.8, 4) is 0 Å². The van der Waals surface area contributed by atoms with Crippen LogP contribution in [0, 0.1) is 0 Å². The van der Waals surface area contributed by atoms with Gasteiger partial charge in [-0.3, -0.25) is 0 Å². The van der Waals surface area contributed by atoms with Gasteiger partial charge in [0.15, 0.2) is 0 Å². The fraction of sp³-hybridized carbons (Fsp3) is 0.222. The van der Waals surface area contributed by atoms with E-state index >= 15 is 0 Å². The quantitative estimate of drug-likeness (QED) is 0.506. The van der Waals surface area contributed by atoms with Gasteiger partial charge < -0.3 is 4.79 Å². The van der Waals surface area contributed by atoms with E-state index in [1.807, 2.05) is 37.3 Å². The highest BCUT2D eigenvalue weighted by molar-refractivity contribution is 8.00. The number of rotatable bonds is 3. The topological polar surface area (TPSA) is 17.1 Å². The van der Waals surface area contributed by atoms with Crippen LogP contribution in [0.5, 0.6) is 0 Å². The molecule has 1 nitrogen and oxygen atoms in total. The molecule has 1 atom stereocenters. The lowest BCUT2D eigenvalue weighted by molar-refractivity contribution is -0.107. The summed E-state index contributed by atoms with van der Waals surface area (Å²) in [6, 6.07) is 9.92. The van der Waals surface area contributed by atoms with Gasteiger partial charge in [0.05, 0.1) is 5.25 Å². The molecule has 0 saturated heterocycles. The minimum atomic E-state index is 0.0531. The van der Waals surface area contributed by atoms with Gasteiger partial charge in [0.2, 0.25) is 0 Å². The van der Waals surface area contributed by atoms with Crippen molar-refractivity contribution < 1.29 is 4.79 Å². The van der Waals surface area contributed by atoms with E-state index in [0.29, 0.717) is 0 Å². The number of carbonyl (C=O) groups excluding carboxylic acids is 1. The van der Waals surface area contributed by atoms with Gasteiger partial charge in [-0.05, 0) is 19.1 Å². The van der Waals surface area contributed by atoms with Crippen molar-refractivity contribution in [2.45, 2.75) is 17.1 Å². The number of thioether (sulfide) groups is 1. The molecule has 0 aromatic heterocycles. The highest BCUT2D eigenvalue weighted by Gasteiger charge is 1.99. The van der Waals surface area contributed by atoms with Crippen molar-refractivity contribution >= 4 is 18.0 Å². The molecule has 0 unspecified atom stereocenters. The van der Waals surface area contributed by atoms with Crippen molar-refractivity contribution in [1.82, 2.24) is 0 Å². The van der Waals surface area contributed by atoms with Crippen molar-refractivity contribution in [1.29, 1.82) is 0 Å². The van der Waals surface area contributed by atoms with Gasteiger partial charge in [0.1, 0.15) is 6.29 Å². The van der Waals surface area contributed by atoms with E-state index in [1.54, 1.807) is 11.8 Å². The molecular formula is C9H10OS.